The van der Waals surface area contributed by atoms with Gasteiger partial charge in [-0.05, 0) is 19.9 Å². The van der Waals surface area contributed by atoms with E-state index in [1.165, 1.54) is 0 Å². The second kappa shape index (κ2) is 5.13. The molecular weight excluding hydrogens is 190 g/mol. The van der Waals surface area contributed by atoms with Gasteiger partial charge in [0.1, 0.15) is 6.04 Å². The molecule has 2 atom stereocenters. The summed E-state index contributed by atoms with van der Waals surface area (Å²) in [6, 6.07) is 2.24. The molecule has 0 radical (unpaired) electrons. The van der Waals surface area contributed by atoms with Crippen molar-refractivity contribution in [3.05, 3.63) is 0 Å². The van der Waals surface area contributed by atoms with Gasteiger partial charge < -0.3 is 4.90 Å². The van der Waals surface area contributed by atoms with E-state index < -0.39 is 0 Å². The number of amides is 1. The number of hydrogen-bond acceptors (Lipinski definition) is 3. The topological polar surface area (TPSA) is 47.3 Å². The molecule has 1 saturated heterocycles. The van der Waals surface area contributed by atoms with Gasteiger partial charge in [-0.1, -0.05) is 6.92 Å². The fraction of sp³-hybridized carbons (Fsp3) is 0.818. The highest BCUT2D eigenvalue weighted by Crippen LogP contribution is 2.18. The number of nitrogens with zero attached hydrogens (tertiary/aromatic N) is 3. The van der Waals surface area contributed by atoms with E-state index in [0.717, 1.165) is 19.5 Å². The molecule has 0 aromatic rings. The largest absolute Gasteiger partial charge is 0.344 e. The molecule has 1 rings (SSSR count). The summed E-state index contributed by atoms with van der Waals surface area (Å²) in [7, 11) is 1.82. The molecule has 0 spiro atoms. The van der Waals surface area contributed by atoms with Gasteiger partial charge in [-0.3, -0.25) is 9.69 Å². The van der Waals surface area contributed by atoms with Gasteiger partial charge in [-0.15, -0.1) is 0 Å². The predicted octanol–water partition coefficient (Wildman–Crippen LogP) is 0.841. The van der Waals surface area contributed by atoms with E-state index in [9.17, 15) is 4.79 Å². The molecule has 0 N–H and O–H groups in total. The maximum atomic E-state index is 12.0. The molecule has 0 aromatic heterocycles. The summed E-state index contributed by atoms with van der Waals surface area (Å²) in [6.45, 7) is 5.78. The Balaban J connectivity index is 2.89. The van der Waals surface area contributed by atoms with Crippen molar-refractivity contribution in [1.29, 1.82) is 5.26 Å². The van der Waals surface area contributed by atoms with Crippen molar-refractivity contribution in [3.63, 3.8) is 0 Å². The van der Waals surface area contributed by atoms with Gasteiger partial charge in [0.2, 0.25) is 5.91 Å². The third-order valence-electron chi connectivity index (χ3n) is 3.16. The van der Waals surface area contributed by atoms with Gasteiger partial charge in [-0.2, -0.15) is 5.26 Å². The van der Waals surface area contributed by atoms with E-state index in [1.54, 1.807) is 4.90 Å². The number of carbonyl (C=O) groups excluding carboxylic acids is 1. The third-order valence-corrected chi connectivity index (χ3v) is 3.16. The Bertz CT molecular complexity index is 271. The molecule has 4 nitrogen and oxygen atoms in total. The first-order chi connectivity index (χ1) is 7.11. The molecule has 84 valence electrons. The number of carbonyl (C=O) groups is 1. The Morgan fingerprint density at radius 3 is 2.80 bits per heavy atom. The summed E-state index contributed by atoms with van der Waals surface area (Å²) in [5.41, 5.74) is 0. The second-order valence-electron chi connectivity index (χ2n) is 4.11. The van der Waals surface area contributed by atoms with Gasteiger partial charge in [-0.25, -0.2) is 0 Å². The summed E-state index contributed by atoms with van der Waals surface area (Å²) in [5.74, 6) is 0.0859. The summed E-state index contributed by atoms with van der Waals surface area (Å²) < 4.78 is 0. The Labute approximate surface area is 91.5 Å². The Kier molecular flexibility index (Phi) is 4.10. The van der Waals surface area contributed by atoms with Gasteiger partial charge >= 0.3 is 0 Å². The average Bonchev–Trinajstić information content (AvgIpc) is 2.32. The molecule has 4 heteroatoms. The minimum atomic E-state index is -0.248. The van der Waals surface area contributed by atoms with Crippen LogP contribution < -0.4 is 0 Å². The van der Waals surface area contributed by atoms with Crippen LogP contribution in [0.3, 0.4) is 0 Å². The SMILES string of the molecule is CCN1C(C)CCN(C)C(=O)C1CC#N. The highest BCUT2D eigenvalue weighted by molar-refractivity contribution is 5.82. The Morgan fingerprint density at radius 2 is 2.27 bits per heavy atom. The fourth-order valence-electron chi connectivity index (χ4n) is 2.18. The minimum absolute atomic E-state index is 0.0859. The normalized spacial score (nSPS) is 28.7. The van der Waals surface area contributed by atoms with Crippen LogP contribution in [0.25, 0.3) is 0 Å². The zero-order valence-corrected chi connectivity index (χ0v) is 9.73. The van der Waals surface area contributed by atoms with E-state index in [-0.39, 0.29) is 11.9 Å². The number of likely N-dealkylation sites (N-methyl/N-ethyl adjacent to an activating group) is 2. The quantitative estimate of drug-likeness (QED) is 0.677. The highest BCUT2D eigenvalue weighted by atomic mass is 16.2. The monoisotopic (exact) mass is 209 g/mol. The third kappa shape index (κ3) is 2.48. The van der Waals surface area contributed by atoms with Crippen molar-refractivity contribution in [2.24, 2.45) is 0 Å². The first kappa shape index (κ1) is 12.0. The predicted molar refractivity (Wildman–Crippen MR) is 58.1 cm³/mol. The molecular formula is C11H19N3O. The van der Waals surface area contributed by atoms with Crippen molar-refractivity contribution < 1.29 is 4.79 Å². The molecule has 1 aliphatic rings. The lowest BCUT2D eigenvalue weighted by atomic mass is 10.1. The zero-order chi connectivity index (χ0) is 11.4. The van der Waals surface area contributed by atoms with Crippen molar-refractivity contribution in [2.45, 2.75) is 38.8 Å². The Hall–Kier alpha value is -1.08. The lowest BCUT2D eigenvalue weighted by molar-refractivity contribution is -0.134. The van der Waals surface area contributed by atoms with Crippen LogP contribution >= 0.6 is 0 Å². The summed E-state index contributed by atoms with van der Waals surface area (Å²) in [4.78, 5) is 15.9. The van der Waals surface area contributed by atoms with Crippen molar-refractivity contribution in [3.8, 4) is 6.07 Å². The lowest BCUT2D eigenvalue weighted by Crippen LogP contribution is -2.47. The van der Waals surface area contributed by atoms with Crippen LogP contribution in [-0.2, 0) is 4.79 Å². The number of rotatable bonds is 2. The van der Waals surface area contributed by atoms with Crippen LogP contribution in [0.2, 0.25) is 0 Å². The van der Waals surface area contributed by atoms with Crippen LogP contribution in [0.15, 0.2) is 0 Å². The summed E-state index contributed by atoms with van der Waals surface area (Å²) in [6.07, 6.45) is 1.28. The second-order valence-corrected chi connectivity index (χ2v) is 4.11. The standard InChI is InChI=1S/C11H19N3O/c1-4-14-9(2)6-8-13(3)11(15)10(14)5-7-12/h9-10H,4-6,8H2,1-3H3. The smallest absolute Gasteiger partial charge is 0.240 e. The first-order valence-electron chi connectivity index (χ1n) is 5.49. The minimum Gasteiger partial charge on any atom is -0.344 e. The zero-order valence-electron chi connectivity index (χ0n) is 9.73. The fourth-order valence-corrected chi connectivity index (χ4v) is 2.18. The van der Waals surface area contributed by atoms with Crippen molar-refractivity contribution in [1.82, 2.24) is 9.80 Å². The molecule has 1 amide bonds. The van der Waals surface area contributed by atoms with E-state index in [2.05, 4.69) is 17.9 Å². The average molecular weight is 209 g/mol. The Morgan fingerprint density at radius 1 is 1.60 bits per heavy atom. The molecule has 15 heavy (non-hydrogen) atoms. The van der Waals surface area contributed by atoms with Gasteiger partial charge in [0.15, 0.2) is 0 Å². The van der Waals surface area contributed by atoms with Gasteiger partial charge in [0, 0.05) is 19.6 Å². The molecule has 0 aliphatic carbocycles. The molecule has 0 aromatic carbocycles. The van der Waals surface area contributed by atoms with Gasteiger partial charge in [0.05, 0.1) is 12.5 Å². The molecule has 0 bridgehead atoms. The van der Waals surface area contributed by atoms with E-state index in [4.69, 9.17) is 5.26 Å². The number of nitriles is 1. The number of hydrogen-bond donors (Lipinski definition) is 0. The van der Waals surface area contributed by atoms with Crippen molar-refractivity contribution >= 4 is 5.91 Å². The summed E-state index contributed by atoms with van der Waals surface area (Å²) in [5, 5.41) is 8.77. The van der Waals surface area contributed by atoms with Gasteiger partial charge in [0.25, 0.3) is 0 Å². The van der Waals surface area contributed by atoms with E-state index in [0.29, 0.717) is 12.5 Å². The van der Waals surface area contributed by atoms with Crippen LogP contribution in [0.4, 0.5) is 0 Å². The molecule has 0 saturated carbocycles. The lowest BCUT2D eigenvalue weighted by Gasteiger charge is -2.30. The molecule has 1 fully saturated rings. The molecule has 1 heterocycles. The highest BCUT2D eigenvalue weighted by Gasteiger charge is 2.33. The maximum absolute atomic E-state index is 12.0. The van der Waals surface area contributed by atoms with E-state index in [1.807, 2.05) is 14.0 Å². The van der Waals surface area contributed by atoms with Crippen LogP contribution in [0.1, 0.15) is 26.7 Å². The molecule has 2 unspecified atom stereocenters. The molecule has 1 aliphatic heterocycles. The first-order valence-corrected chi connectivity index (χ1v) is 5.49. The van der Waals surface area contributed by atoms with Crippen molar-refractivity contribution in [2.75, 3.05) is 20.1 Å². The van der Waals surface area contributed by atoms with Crippen LogP contribution in [0.5, 0.6) is 0 Å². The maximum Gasteiger partial charge on any atom is 0.240 e. The van der Waals surface area contributed by atoms with Crippen LogP contribution in [0, 0.1) is 11.3 Å². The van der Waals surface area contributed by atoms with E-state index >= 15 is 0 Å². The summed E-state index contributed by atoms with van der Waals surface area (Å²) >= 11 is 0. The van der Waals surface area contributed by atoms with Crippen LogP contribution in [-0.4, -0.2) is 47.9 Å².